The Morgan fingerprint density at radius 1 is 1.50 bits per heavy atom. The fraction of sp³-hybridized carbons (Fsp3) is 0.400. The van der Waals surface area contributed by atoms with Gasteiger partial charge in [0.25, 0.3) is 0 Å². The fourth-order valence-corrected chi connectivity index (χ4v) is 1.31. The molecule has 0 amide bonds. The molecular weight excluding hydrogens is 154 g/mol. The van der Waals surface area contributed by atoms with E-state index in [1.165, 1.54) is 0 Å². The van der Waals surface area contributed by atoms with Gasteiger partial charge in [-0.15, -0.1) is 0 Å². The molecule has 0 aliphatic rings. The van der Waals surface area contributed by atoms with Crippen LogP contribution in [0.4, 0.5) is 0 Å². The van der Waals surface area contributed by atoms with Crippen molar-refractivity contribution in [3.8, 4) is 0 Å². The van der Waals surface area contributed by atoms with E-state index in [9.17, 15) is 0 Å². The molecule has 1 heterocycles. The SMILES string of the molecule is Cc1csnc1C(O)(O)O. The number of hydrogen-bond donors (Lipinski definition) is 3. The predicted molar refractivity (Wildman–Crippen MR) is 35.2 cm³/mol. The Hall–Kier alpha value is -0.490. The van der Waals surface area contributed by atoms with Crippen molar-refractivity contribution in [2.75, 3.05) is 0 Å². The zero-order valence-corrected chi connectivity index (χ0v) is 6.09. The maximum Gasteiger partial charge on any atom is 0.323 e. The van der Waals surface area contributed by atoms with Crippen molar-refractivity contribution in [3.05, 3.63) is 16.6 Å². The highest BCUT2D eigenvalue weighted by atomic mass is 32.1. The Balaban J connectivity index is 3.05. The Morgan fingerprint density at radius 2 is 2.10 bits per heavy atom. The van der Waals surface area contributed by atoms with Crippen LogP contribution in [-0.4, -0.2) is 19.7 Å². The standard InChI is InChI=1S/C5H7NO3S/c1-3-2-10-6-4(3)5(7,8)9/h2,7-9H,1H3. The van der Waals surface area contributed by atoms with Gasteiger partial charge >= 0.3 is 5.97 Å². The molecule has 0 saturated heterocycles. The van der Waals surface area contributed by atoms with E-state index in [4.69, 9.17) is 15.3 Å². The average Bonchev–Trinajstić information content (AvgIpc) is 2.11. The van der Waals surface area contributed by atoms with Gasteiger partial charge in [0.05, 0.1) is 0 Å². The third-order valence-corrected chi connectivity index (χ3v) is 1.81. The first kappa shape index (κ1) is 7.62. The summed E-state index contributed by atoms with van der Waals surface area (Å²) in [4.78, 5) is 0. The van der Waals surface area contributed by atoms with Crippen LogP contribution in [0, 0.1) is 6.92 Å². The molecule has 0 aliphatic carbocycles. The van der Waals surface area contributed by atoms with Crippen LogP contribution >= 0.6 is 11.5 Å². The summed E-state index contributed by atoms with van der Waals surface area (Å²) in [7, 11) is 0. The normalized spacial score (nSPS) is 12.0. The maximum absolute atomic E-state index is 8.61. The van der Waals surface area contributed by atoms with Crippen molar-refractivity contribution in [2.24, 2.45) is 0 Å². The molecule has 0 fully saturated rings. The zero-order chi connectivity index (χ0) is 7.78. The van der Waals surface area contributed by atoms with Crippen LogP contribution in [0.15, 0.2) is 5.38 Å². The molecule has 0 saturated carbocycles. The summed E-state index contributed by atoms with van der Waals surface area (Å²) in [6, 6.07) is 0. The number of rotatable bonds is 1. The van der Waals surface area contributed by atoms with Crippen molar-refractivity contribution in [2.45, 2.75) is 12.9 Å². The summed E-state index contributed by atoms with van der Waals surface area (Å²) in [5.41, 5.74) is 0.468. The molecule has 10 heavy (non-hydrogen) atoms. The molecule has 0 radical (unpaired) electrons. The van der Waals surface area contributed by atoms with Crippen LogP contribution in [0.1, 0.15) is 11.3 Å². The molecule has 4 nitrogen and oxygen atoms in total. The molecule has 56 valence electrons. The second kappa shape index (κ2) is 2.28. The van der Waals surface area contributed by atoms with E-state index in [0.29, 0.717) is 5.56 Å². The van der Waals surface area contributed by atoms with Crippen LogP contribution in [0.3, 0.4) is 0 Å². The largest absolute Gasteiger partial charge is 0.338 e. The number of nitrogens with zero attached hydrogens (tertiary/aromatic N) is 1. The summed E-state index contributed by atoms with van der Waals surface area (Å²) in [5.74, 6) is -2.79. The minimum absolute atomic E-state index is 0.0995. The van der Waals surface area contributed by atoms with Gasteiger partial charge in [0.1, 0.15) is 5.69 Å². The van der Waals surface area contributed by atoms with Crippen LogP contribution in [-0.2, 0) is 5.97 Å². The number of aliphatic hydroxyl groups is 3. The molecule has 0 aromatic carbocycles. The van der Waals surface area contributed by atoms with Gasteiger partial charge in [-0.3, -0.25) is 0 Å². The van der Waals surface area contributed by atoms with Crippen LogP contribution in [0.5, 0.6) is 0 Å². The van der Waals surface area contributed by atoms with E-state index in [2.05, 4.69) is 4.37 Å². The highest BCUT2D eigenvalue weighted by molar-refractivity contribution is 7.03. The van der Waals surface area contributed by atoms with Gasteiger partial charge in [0, 0.05) is 5.38 Å². The average molecular weight is 161 g/mol. The maximum atomic E-state index is 8.61. The molecule has 1 rings (SSSR count). The Kier molecular flexibility index (Phi) is 1.74. The third-order valence-electron chi connectivity index (χ3n) is 1.06. The first-order valence-electron chi connectivity index (χ1n) is 2.60. The molecule has 5 heteroatoms. The molecule has 0 spiro atoms. The van der Waals surface area contributed by atoms with E-state index < -0.39 is 5.97 Å². The molecular formula is C5H7NO3S. The fourth-order valence-electron chi connectivity index (χ4n) is 0.612. The van der Waals surface area contributed by atoms with Gasteiger partial charge in [-0.25, -0.2) is 0 Å². The quantitative estimate of drug-likeness (QED) is 0.487. The minimum atomic E-state index is -2.79. The van der Waals surface area contributed by atoms with Gasteiger partial charge < -0.3 is 15.3 Å². The van der Waals surface area contributed by atoms with Crippen molar-refractivity contribution in [3.63, 3.8) is 0 Å². The molecule has 1 aromatic rings. The van der Waals surface area contributed by atoms with Gasteiger partial charge in [-0.2, -0.15) is 4.37 Å². The number of hydrogen-bond acceptors (Lipinski definition) is 5. The summed E-state index contributed by atoms with van der Waals surface area (Å²) >= 11 is 1.06. The second-order valence-electron chi connectivity index (χ2n) is 1.98. The predicted octanol–water partition coefficient (Wildman–Crippen LogP) is -0.461. The molecule has 0 unspecified atom stereocenters. The second-order valence-corrected chi connectivity index (χ2v) is 2.61. The molecule has 3 N–H and O–H groups in total. The molecule has 1 aromatic heterocycles. The topological polar surface area (TPSA) is 73.6 Å². The Bertz CT molecular complexity index is 227. The Labute approximate surface area is 61.5 Å². The van der Waals surface area contributed by atoms with Crippen molar-refractivity contribution in [1.29, 1.82) is 0 Å². The Morgan fingerprint density at radius 3 is 2.30 bits per heavy atom. The first-order chi connectivity index (χ1) is 4.52. The zero-order valence-electron chi connectivity index (χ0n) is 5.27. The van der Waals surface area contributed by atoms with E-state index in [1.807, 2.05) is 0 Å². The minimum Gasteiger partial charge on any atom is -0.338 e. The van der Waals surface area contributed by atoms with Crippen LogP contribution in [0.2, 0.25) is 0 Å². The summed E-state index contributed by atoms with van der Waals surface area (Å²) in [6.07, 6.45) is 0. The number of aromatic nitrogens is 1. The van der Waals surface area contributed by atoms with Gasteiger partial charge in [0.2, 0.25) is 0 Å². The third kappa shape index (κ3) is 1.32. The number of aryl methyl sites for hydroxylation is 1. The van der Waals surface area contributed by atoms with Gasteiger partial charge in [-0.05, 0) is 24.0 Å². The van der Waals surface area contributed by atoms with Crippen molar-refractivity contribution in [1.82, 2.24) is 4.37 Å². The molecule has 0 bridgehead atoms. The summed E-state index contributed by atoms with van der Waals surface area (Å²) in [6.45, 7) is 1.64. The van der Waals surface area contributed by atoms with Gasteiger partial charge in [0.15, 0.2) is 0 Å². The lowest BCUT2D eigenvalue weighted by Gasteiger charge is -2.10. The lowest BCUT2D eigenvalue weighted by atomic mass is 10.2. The van der Waals surface area contributed by atoms with Gasteiger partial charge in [-0.1, -0.05) is 0 Å². The highest BCUT2D eigenvalue weighted by Crippen LogP contribution is 2.18. The lowest BCUT2D eigenvalue weighted by Crippen LogP contribution is -2.25. The summed E-state index contributed by atoms with van der Waals surface area (Å²) in [5, 5.41) is 27.5. The van der Waals surface area contributed by atoms with E-state index >= 15 is 0 Å². The van der Waals surface area contributed by atoms with E-state index in [-0.39, 0.29) is 5.69 Å². The highest BCUT2D eigenvalue weighted by Gasteiger charge is 2.26. The molecule has 0 atom stereocenters. The monoisotopic (exact) mass is 161 g/mol. The first-order valence-corrected chi connectivity index (χ1v) is 3.44. The van der Waals surface area contributed by atoms with E-state index in [0.717, 1.165) is 11.5 Å². The van der Waals surface area contributed by atoms with E-state index in [1.54, 1.807) is 12.3 Å². The van der Waals surface area contributed by atoms with Crippen molar-refractivity contribution < 1.29 is 15.3 Å². The lowest BCUT2D eigenvalue weighted by molar-refractivity contribution is -0.326. The van der Waals surface area contributed by atoms with Crippen molar-refractivity contribution >= 4 is 11.5 Å². The molecule has 0 aliphatic heterocycles. The van der Waals surface area contributed by atoms with Crippen LogP contribution in [0.25, 0.3) is 0 Å². The summed E-state index contributed by atoms with van der Waals surface area (Å²) < 4.78 is 3.58. The smallest absolute Gasteiger partial charge is 0.323 e. The van der Waals surface area contributed by atoms with Crippen LogP contribution < -0.4 is 0 Å².